The van der Waals surface area contributed by atoms with Gasteiger partial charge in [0.15, 0.2) is 0 Å². The number of hydrogen-bond donors (Lipinski definition) is 1. The minimum atomic E-state index is 0.412. The first-order valence-electron chi connectivity index (χ1n) is 6.66. The van der Waals surface area contributed by atoms with Crippen LogP contribution in [-0.4, -0.2) is 7.05 Å². The van der Waals surface area contributed by atoms with Gasteiger partial charge in [-0.25, -0.2) is 0 Å². The predicted octanol–water partition coefficient (Wildman–Crippen LogP) is 4.06. The lowest BCUT2D eigenvalue weighted by Gasteiger charge is -2.25. The summed E-state index contributed by atoms with van der Waals surface area (Å²) in [5, 5.41) is 3.49. The summed E-state index contributed by atoms with van der Waals surface area (Å²) in [6.07, 6.45) is 7.63. The fourth-order valence-electron chi connectivity index (χ4n) is 2.75. The van der Waals surface area contributed by atoms with Crippen molar-refractivity contribution >= 4 is 0 Å². The van der Waals surface area contributed by atoms with Crippen LogP contribution in [-0.2, 0) is 0 Å². The molecule has 92 valence electrons. The Balaban J connectivity index is 2.34. The van der Waals surface area contributed by atoms with Crippen molar-refractivity contribution in [3.63, 3.8) is 0 Å². The van der Waals surface area contributed by atoms with Crippen molar-refractivity contribution in [3.05, 3.63) is 46.5 Å². The van der Waals surface area contributed by atoms with Crippen LogP contribution >= 0.6 is 0 Å². The van der Waals surface area contributed by atoms with E-state index in [1.807, 2.05) is 0 Å². The molecule has 1 nitrogen and oxygen atoms in total. The number of nitrogens with one attached hydrogen (secondary N) is 1. The van der Waals surface area contributed by atoms with E-state index in [9.17, 15) is 0 Å². The number of aryl methyl sites for hydroxylation is 1. The van der Waals surface area contributed by atoms with Crippen LogP contribution in [0.1, 0.15) is 48.4 Å². The van der Waals surface area contributed by atoms with Gasteiger partial charge in [-0.2, -0.15) is 0 Å². The van der Waals surface area contributed by atoms with E-state index in [4.69, 9.17) is 0 Å². The van der Waals surface area contributed by atoms with E-state index >= 15 is 0 Å². The highest BCUT2D eigenvalue weighted by atomic mass is 14.9. The highest BCUT2D eigenvalue weighted by molar-refractivity contribution is 5.39. The Kier molecular flexibility index (Phi) is 4.01. The smallest absolute Gasteiger partial charge is 0.0536 e. The lowest BCUT2D eigenvalue weighted by atomic mass is 9.87. The van der Waals surface area contributed by atoms with Crippen molar-refractivity contribution in [2.24, 2.45) is 0 Å². The van der Waals surface area contributed by atoms with Crippen LogP contribution in [0, 0.1) is 13.8 Å². The lowest BCUT2D eigenvalue weighted by Crippen LogP contribution is -2.21. The zero-order chi connectivity index (χ0) is 12.3. The summed E-state index contributed by atoms with van der Waals surface area (Å²) >= 11 is 0. The summed E-state index contributed by atoms with van der Waals surface area (Å²) in [4.78, 5) is 0. The van der Waals surface area contributed by atoms with E-state index in [-0.39, 0.29) is 0 Å². The molecule has 0 spiro atoms. The third-order valence-electron chi connectivity index (χ3n) is 3.94. The maximum absolute atomic E-state index is 3.49. The molecule has 0 aliphatic heterocycles. The molecule has 1 N–H and O–H groups in total. The molecule has 0 saturated carbocycles. The van der Waals surface area contributed by atoms with Gasteiger partial charge in [0, 0.05) is 0 Å². The lowest BCUT2D eigenvalue weighted by molar-refractivity contribution is 0.591. The molecular formula is C16H23N. The number of rotatable bonds is 3. The van der Waals surface area contributed by atoms with Crippen LogP contribution < -0.4 is 5.32 Å². The molecule has 0 aromatic heterocycles. The second kappa shape index (κ2) is 5.50. The average Bonchev–Trinajstić information content (AvgIpc) is 2.37. The third kappa shape index (κ3) is 2.61. The normalized spacial score (nSPS) is 17.7. The van der Waals surface area contributed by atoms with Gasteiger partial charge in [0.1, 0.15) is 0 Å². The largest absolute Gasteiger partial charge is 0.310 e. The SMILES string of the molecule is CNC(C1=CCCCC1)c1cccc(C)c1C. The van der Waals surface area contributed by atoms with E-state index in [0.717, 1.165) is 0 Å². The van der Waals surface area contributed by atoms with Crippen molar-refractivity contribution in [3.8, 4) is 0 Å². The molecule has 0 saturated heterocycles. The second-order valence-corrected chi connectivity index (χ2v) is 5.04. The zero-order valence-corrected chi connectivity index (χ0v) is 11.2. The van der Waals surface area contributed by atoms with Crippen molar-refractivity contribution in [2.45, 2.75) is 45.6 Å². The molecule has 0 amide bonds. The highest BCUT2D eigenvalue weighted by Gasteiger charge is 2.18. The van der Waals surface area contributed by atoms with Crippen LogP contribution in [0.15, 0.2) is 29.8 Å². The molecule has 0 radical (unpaired) electrons. The molecule has 0 heterocycles. The fourth-order valence-corrected chi connectivity index (χ4v) is 2.75. The molecule has 1 atom stereocenters. The minimum absolute atomic E-state index is 0.412. The van der Waals surface area contributed by atoms with E-state index in [2.05, 4.69) is 50.5 Å². The second-order valence-electron chi connectivity index (χ2n) is 5.04. The molecule has 1 aromatic rings. The Morgan fingerprint density at radius 2 is 2.00 bits per heavy atom. The molecule has 2 rings (SSSR count). The van der Waals surface area contributed by atoms with Crippen LogP contribution in [0.2, 0.25) is 0 Å². The van der Waals surface area contributed by atoms with E-state index in [1.54, 1.807) is 5.57 Å². The Labute approximate surface area is 105 Å². The first-order valence-corrected chi connectivity index (χ1v) is 6.66. The average molecular weight is 229 g/mol. The molecular weight excluding hydrogens is 206 g/mol. The van der Waals surface area contributed by atoms with Gasteiger partial charge in [-0.05, 0) is 63.3 Å². The third-order valence-corrected chi connectivity index (χ3v) is 3.94. The van der Waals surface area contributed by atoms with Crippen LogP contribution in [0.5, 0.6) is 0 Å². The summed E-state index contributed by atoms with van der Waals surface area (Å²) in [6.45, 7) is 4.43. The maximum Gasteiger partial charge on any atom is 0.0536 e. The first kappa shape index (κ1) is 12.4. The molecule has 1 aliphatic rings. The van der Waals surface area contributed by atoms with Gasteiger partial charge in [-0.1, -0.05) is 29.8 Å². The Morgan fingerprint density at radius 3 is 2.65 bits per heavy atom. The summed E-state index contributed by atoms with van der Waals surface area (Å²) in [5.41, 5.74) is 5.84. The molecule has 0 bridgehead atoms. The molecule has 1 heteroatoms. The Bertz CT molecular complexity index is 418. The van der Waals surface area contributed by atoms with Gasteiger partial charge < -0.3 is 5.32 Å². The quantitative estimate of drug-likeness (QED) is 0.771. The zero-order valence-electron chi connectivity index (χ0n) is 11.2. The van der Waals surface area contributed by atoms with Crippen molar-refractivity contribution in [2.75, 3.05) is 7.05 Å². The molecule has 1 unspecified atom stereocenters. The molecule has 17 heavy (non-hydrogen) atoms. The number of benzene rings is 1. The minimum Gasteiger partial charge on any atom is -0.310 e. The summed E-state index contributed by atoms with van der Waals surface area (Å²) in [7, 11) is 2.07. The first-order chi connectivity index (χ1) is 8.24. The topological polar surface area (TPSA) is 12.0 Å². The standard InChI is InChI=1S/C16H23N/c1-12-8-7-11-15(13(12)2)16(17-3)14-9-5-4-6-10-14/h7-9,11,16-17H,4-6,10H2,1-3H3. The van der Waals surface area contributed by atoms with Gasteiger partial charge in [-0.3, -0.25) is 0 Å². The predicted molar refractivity (Wildman–Crippen MR) is 74.3 cm³/mol. The maximum atomic E-state index is 3.49. The van der Waals surface area contributed by atoms with Crippen molar-refractivity contribution in [1.82, 2.24) is 5.32 Å². The number of hydrogen-bond acceptors (Lipinski definition) is 1. The fraction of sp³-hybridized carbons (Fsp3) is 0.500. The molecule has 1 aromatic carbocycles. The number of allylic oxidation sites excluding steroid dienone is 1. The molecule has 1 aliphatic carbocycles. The van der Waals surface area contributed by atoms with E-state index < -0.39 is 0 Å². The van der Waals surface area contributed by atoms with Gasteiger partial charge >= 0.3 is 0 Å². The Hall–Kier alpha value is -1.08. The van der Waals surface area contributed by atoms with E-state index in [1.165, 1.54) is 42.4 Å². The highest BCUT2D eigenvalue weighted by Crippen LogP contribution is 2.31. The van der Waals surface area contributed by atoms with Crippen LogP contribution in [0.4, 0.5) is 0 Å². The van der Waals surface area contributed by atoms with Crippen molar-refractivity contribution in [1.29, 1.82) is 0 Å². The van der Waals surface area contributed by atoms with Gasteiger partial charge in [0.05, 0.1) is 6.04 Å². The van der Waals surface area contributed by atoms with Gasteiger partial charge in [0.2, 0.25) is 0 Å². The van der Waals surface area contributed by atoms with Crippen LogP contribution in [0.3, 0.4) is 0 Å². The van der Waals surface area contributed by atoms with E-state index in [0.29, 0.717) is 6.04 Å². The summed E-state index contributed by atoms with van der Waals surface area (Å²) in [6, 6.07) is 7.04. The van der Waals surface area contributed by atoms with Gasteiger partial charge in [-0.15, -0.1) is 0 Å². The number of likely N-dealkylation sites (N-methyl/N-ethyl adjacent to an activating group) is 1. The van der Waals surface area contributed by atoms with Gasteiger partial charge in [0.25, 0.3) is 0 Å². The molecule has 0 fully saturated rings. The summed E-state index contributed by atoms with van der Waals surface area (Å²) in [5.74, 6) is 0. The summed E-state index contributed by atoms with van der Waals surface area (Å²) < 4.78 is 0. The van der Waals surface area contributed by atoms with Crippen LogP contribution in [0.25, 0.3) is 0 Å². The monoisotopic (exact) mass is 229 g/mol. The van der Waals surface area contributed by atoms with Crippen molar-refractivity contribution < 1.29 is 0 Å². The Morgan fingerprint density at radius 1 is 1.18 bits per heavy atom.